The van der Waals surface area contributed by atoms with Gasteiger partial charge in [0.2, 0.25) is 23.6 Å². The molecule has 2 N–H and O–H groups in total. The Kier molecular flexibility index (Phi) is 18.7. The van der Waals surface area contributed by atoms with Crippen LogP contribution >= 0.6 is 0 Å². The van der Waals surface area contributed by atoms with Crippen LogP contribution in [0.4, 0.5) is 0 Å². The molecule has 0 aromatic heterocycles. The van der Waals surface area contributed by atoms with Gasteiger partial charge in [-0.2, -0.15) is 0 Å². The fraction of sp³-hybridized carbons (Fsp3) is 0.718. The lowest BCUT2D eigenvalue weighted by Gasteiger charge is -2.39. The van der Waals surface area contributed by atoms with Gasteiger partial charge in [-0.3, -0.25) is 24.1 Å². The molecule has 0 aliphatic carbocycles. The summed E-state index contributed by atoms with van der Waals surface area (Å²) in [6.45, 7) is 12.7. The van der Waals surface area contributed by atoms with Crippen LogP contribution < -0.4 is 10.6 Å². The summed E-state index contributed by atoms with van der Waals surface area (Å²) in [6, 6.07) is 7.31. The second-order valence-corrected chi connectivity index (χ2v) is 14.4. The Morgan fingerprint density at radius 1 is 0.942 bits per heavy atom. The van der Waals surface area contributed by atoms with Crippen molar-refractivity contribution in [3.63, 3.8) is 0 Å². The van der Waals surface area contributed by atoms with Crippen molar-refractivity contribution in [3.05, 3.63) is 35.9 Å². The number of amides is 4. The van der Waals surface area contributed by atoms with E-state index in [1.165, 1.54) is 14.2 Å². The van der Waals surface area contributed by atoms with Gasteiger partial charge in [0.15, 0.2) is 0 Å². The molecule has 1 aliphatic heterocycles. The van der Waals surface area contributed by atoms with Crippen molar-refractivity contribution in [2.24, 2.45) is 17.8 Å². The Hall–Kier alpha value is -3.55. The quantitative estimate of drug-likeness (QED) is 0.182. The minimum Gasteiger partial charge on any atom is -0.467 e. The van der Waals surface area contributed by atoms with Crippen molar-refractivity contribution >= 4 is 29.6 Å². The number of hydrogen-bond donors (Lipinski definition) is 2. The number of nitrogens with zero attached hydrogens (tertiary/aromatic N) is 3. The Bertz CT molecular complexity index is 1300. The Morgan fingerprint density at radius 2 is 1.60 bits per heavy atom. The summed E-state index contributed by atoms with van der Waals surface area (Å²) >= 11 is 0. The van der Waals surface area contributed by atoms with Crippen molar-refractivity contribution in [3.8, 4) is 0 Å². The Labute approximate surface area is 311 Å². The molecule has 13 nitrogen and oxygen atoms in total. The molecule has 2 rings (SSSR count). The van der Waals surface area contributed by atoms with Crippen molar-refractivity contribution in [1.29, 1.82) is 0 Å². The summed E-state index contributed by atoms with van der Waals surface area (Å²) in [5.74, 6) is -2.20. The number of nitrogens with one attached hydrogen (secondary N) is 2. The minimum atomic E-state index is -0.886. The van der Waals surface area contributed by atoms with Crippen molar-refractivity contribution in [1.82, 2.24) is 25.3 Å². The molecule has 1 aliphatic rings. The van der Waals surface area contributed by atoms with Gasteiger partial charge in [-0.25, -0.2) is 4.79 Å². The second kappa shape index (κ2) is 21.9. The number of methoxy groups -OCH3 is 3. The number of rotatable bonds is 21. The van der Waals surface area contributed by atoms with E-state index in [1.54, 1.807) is 30.9 Å². The molecule has 8 atom stereocenters. The highest BCUT2D eigenvalue weighted by Crippen LogP contribution is 2.29. The normalized spacial score (nSPS) is 18.6. The molecule has 0 unspecified atom stereocenters. The van der Waals surface area contributed by atoms with Gasteiger partial charge in [-0.15, -0.1) is 0 Å². The lowest BCUT2D eigenvalue weighted by atomic mass is 9.90. The first kappa shape index (κ1) is 44.6. The maximum Gasteiger partial charge on any atom is 0.328 e. The summed E-state index contributed by atoms with van der Waals surface area (Å²) in [7, 11) is 7.94. The number of esters is 1. The number of hydrogen-bond acceptors (Lipinski definition) is 9. The van der Waals surface area contributed by atoms with E-state index in [9.17, 15) is 24.0 Å². The summed E-state index contributed by atoms with van der Waals surface area (Å²) in [6.07, 6.45) is 1.14. The van der Waals surface area contributed by atoms with E-state index < -0.39 is 36.2 Å². The maximum absolute atomic E-state index is 14.1. The molecule has 1 aromatic rings. The van der Waals surface area contributed by atoms with Crippen LogP contribution in [0.25, 0.3) is 0 Å². The molecule has 1 heterocycles. The molecular formula is C39H65N5O8. The van der Waals surface area contributed by atoms with Gasteiger partial charge in [0.25, 0.3) is 0 Å². The maximum atomic E-state index is 14.1. The molecule has 294 valence electrons. The zero-order chi connectivity index (χ0) is 39.1. The SMILES string of the molecule is CC[C@H](C)[C@@H]([C@@H](CC(=O)N1CCC[C@H]1[C@H](OC)[C@@H](C)C(=O)N[C@@H](Cc1ccccc1)C(=O)OC)OC)N(C)C(=O)CNC(=O)[C@H](C(C)C)N(C)CC. The summed E-state index contributed by atoms with van der Waals surface area (Å²) in [5.41, 5.74) is 0.877. The van der Waals surface area contributed by atoms with Gasteiger partial charge in [0.1, 0.15) is 6.04 Å². The molecule has 1 fully saturated rings. The molecule has 0 spiro atoms. The predicted octanol–water partition coefficient (Wildman–Crippen LogP) is 2.90. The first-order valence-corrected chi connectivity index (χ1v) is 18.7. The number of ether oxygens (including phenoxy) is 3. The summed E-state index contributed by atoms with van der Waals surface area (Å²) in [4.78, 5) is 72.2. The number of benzene rings is 1. The average Bonchev–Trinajstić information content (AvgIpc) is 3.62. The summed E-state index contributed by atoms with van der Waals surface area (Å²) in [5, 5.41) is 5.68. The highest BCUT2D eigenvalue weighted by atomic mass is 16.5. The third-order valence-corrected chi connectivity index (χ3v) is 10.7. The molecule has 1 saturated heterocycles. The van der Waals surface area contributed by atoms with Crippen LogP contribution in [0.1, 0.15) is 72.8 Å². The standard InChI is InChI=1S/C39H65N5O8/c1-12-26(5)35(43(8)33(46)24-40-38(48)34(25(3)4)42(7)13-2)31(50-9)23-32(45)44-21-17-20-30(44)36(51-10)27(6)37(47)41-29(39(49)52-11)22-28-18-15-14-16-19-28/h14-16,18-19,25-27,29-31,34-36H,12-13,17,20-24H2,1-11H3,(H,40,48)(H,41,47)/t26-,27+,29-,30-,31+,34-,35-,36+/m0/s1. The van der Waals surface area contributed by atoms with Gasteiger partial charge in [-0.05, 0) is 43.8 Å². The van der Waals surface area contributed by atoms with E-state index in [0.29, 0.717) is 19.5 Å². The van der Waals surface area contributed by atoms with E-state index in [2.05, 4.69) is 10.6 Å². The van der Waals surface area contributed by atoms with Crippen LogP contribution in [0.15, 0.2) is 30.3 Å². The van der Waals surface area contributed by atoms with Crippen molar-refractivity contribution in [2.45, 2.75) is 110 Å². The van der Waals surface area contributed by atoms with E-state index in [-0.39, 0.29) is 66.9 Å². The number of likely N-dealkylation sites (N-methyl/N-ethyl adjacent to an activating group) is 2. The first-order valence-electron chi connectivity index (χ1n) is 18.7. The van der Waals surface area contributed by atoms with Crippen molar-refractivity contribution < 1.29 is 38.2 Å². The zero-order valence-corrected chi connectivity index (χ0v) is 33.3. The molecule has 0 radical (unpaired) electrons. The third kappa shape index (κ3) is 12.0. The van der Waals surface area contributed by atoms with Crippen LogP contribution in [0.5, 0.6) is 0 Å². The van der Waals surface area contributed by atoms with Gasteiger partial charge in [0.05, 0.1) is 56.3 Å². The minimum absolute atomic E-state index is 0.0134. The van der Waals surface area contributed by atoms with Crippen LogP contribution in [0.2, 0.25) is 0 Å². The van der Waals surface area contributed by atoms with E-state index in [4.69, 9.17) is 14.2 Å². The molecule has 52 heavy (non-hydrogen) atoms. The molecule has 0 bridgehead atoms. The number of likely N-dealkylation sites (tertiary alicyclic amines) is 1. The number of carbonyl (C=O) groups excluding carboxylic acids is 5. The summed E-state index contributed by atoms with van der Waals surface area (Å²) < 4.78 is 16.8. The van der Waals surface area contributed by atoms with Crippen LogP contribution in [0.3, 0.4) is 0 Å². The van der Waals surface area contributed by atoms with E-state index in [0.717, 1.165) is 18.4 Å². The van der Waals surface area contributed by atoms with Gasteiger partial charge in [0, 0.05) is 34.2 Å². The molecular weight excluding hydrogens is 666 g/mol. The predicted molar refractivity (Wildman–Crippen MR) is 200 cm³/mol. The highest BCUT2D eigenvalue weighted by Gasteiger charge is 2.42. The molecule has 1 aromatic carbocycles. The zero-order valence-electron chi connectivity index (χ0n) is 33.3. The van der Waals surface area contributed by atoms with Gasteiger partial charge in [-0.1, -0.05) is 78.3 Å². The second-order valence-electron chi connectivity index (χ2n) is 14.4. The lowest BCUT2D eigenvalue weighted by Crippen LogP contribution is -2.55. The van der Waals surface area contributed by atoms with Crippen LogP contribution in [0, 0.1) is 17.8 Å². The van der Waals surface area contributed by atoms with Gasteiger partial charge < -0.3 is 34.6 Å². The fourth-order valence-electron chi connectivity index (χ4n) is 7.41. The lowest BCUT2D eigenvalue weighted by molar-refractivity contribution is -0.148. The van der Waals surface area contributed by atoms with Crippen LogP contribution in [-0.2, 0) is 44.6 Å². The first-order chi connectivity index (χ1) is 24.7. The largest absolute Gasteiger partial charge is 0.467 e. The van der Waals surface area contributed by atoms with Gasteiger partial charge >= 0.3 is 5.97 Å². The molecule has 13 heteroatoms. The molecule has 4 amide bonds. The fourth-order valence-corrected chi connectivity index (χ4v) is 7.41. The van der Waals surface area contributed by atoms with E-state index >= 15 is 0 Å². The Balaban J connectivity index is 2.19. The van der Waals surface area contributed by atoms with E-state index in [1.807, 2.05) is 76.9 Å². The smallest absolute Gasteiger partial charge is 0.328 e. The highest BCUT2D eigenvalue weighted by molar-refractivity contribution is 5.88. The Morgan fingerprint density at radius 3 is 2.13 bits per heavy atom. The van der Waals surface area contributed by atoms with Crippen molar-refractivity contribution in [2.75, 3.05) is 55.1 Å². The molecule has 0 saturated carbocycles. The third-order valence-electron chi connectivity index (χ3n) is 10.7. The monoisotopic (exact) mass is 731 g/mol. The van der Waals surface area contributed by atoms with Crippen LogP contribution in [-0.4, -0.2) is 136 Å². The average molecular weight is 732 g/mol. The number of carbonyl (C=O) groups is 5. The topological polar surface area (TPSA) is 147 Å².